The van der Waals surface area contributed by atoms with Crippen LogP contribution in [0, 0.1) is 29.6 Å². The second kappa shape index (κ2) is 3.52. The summed E-state index contributed by atoms with van der Waals surface area (Å²) in [4.78, 5) is 0. The molecule has 1 heteroatoms. The summed E-state index contributed by atoms with van der Waals surface area (Å²) in [7, 11) is 0. The Morgan fingerprint density at radius 2 is 2.07 bits per heavy atom. The molecule has 14 heavy (non-hydrogen) atoms. The number of nitrogens with one attached hydrogen (secondary N) is 1. The van der Waals surface area contributed by atoms with Crippen LogP contribution in [0.5, 0.6) is 0 Å². The molecule has 2 aliphatic carbocycles. The summed E-state index contributed by atoms with van der Waals surface area (Å²) in [6, 6.07) is 0. The number of hydrogen-bond acceptors (Lipinski definition) is 1. The lowest BCUT2D eigenvalue weighted by Gasteiger charge is -2.31. The first kappa shape index (κ1) is 9.21. The molecule has 3 aliphatic rings. The van der Waals surface area contributed by atoms with Gasteiger partial charge in [-0.3, -0.25) is 0 Å². The largest absolute Gasteiger partial charge is 0.316 e. The van der Waals surface area contributed by atoms with Crippen LogP contribution >= 0.6 is 0 Å². The van der Waals surface area contributed by atoms with Gasteiger partial charge in [0.25, 0.3) is 0 Å². The van der Waals surface area contributed by atoms with Gasteiger partial charge in [-0.2, -0.15) is 0 Å². The van der Waals surface area contributed by atoms with Crippen LogP contribution in [0.1, 0.15) is 39.0 Å². The molecule has 3 rings (SSSR count). The maximum absolute atomic E-state index is 3.52. The van der Waals surface area contributed by atoms with Gasteiger partial charge in [0.1, 0.15) is 0 Å². The van der Waals surface area contributed by atoms with Crippen LogP contribution < -0.4 is 5.32 Å². The van der Waals surface area contributed by atoms with Gasteiger partial charge in [-0.25, -0.2) is 0 Å². The minimum absolute atomic E-state index is 0.999. The molecule has 1 N–H and O–H groups in total. The van der Waals surface area contributed by atoms with E-state index in [0.717, 1.165) is 29.6 Å². The zero-order chi connectivity index (χ0) is 9.54. The molecule has 0 aromatic carbocycles. The van der Waals surface area contributed by atoms with E-state index in [-0.39, 0.29) is 0 Å². The molecule has 1 saturated heterocycles. The fourth-order valence-electron chi connectivity index (χ4n) is 4.41. The lowest BCUT2D eigenvalue weighted by Crippen LogP contribution is -2.26. The molecule has 0 aromatic rings. The maximum Gasteiger partial charge on any atom is -0.00174 e. The van der Waals surface area contributed by atoms with Gasteiger partial charge in [0, 0.05) is 0 Å². The van der Waals surface area contributed by atoms with Crippen LogP contribution in [-0.4, -0.2) is 13.1 Å². The van der Waals surface area contributed by atoms with Gasteiger partial charge < -0.3 is 5.32 Å². The van der Waals surface area contributed by atoms with Crippen molar-refractivity contribution in [1.82, 2.24) is 5.32 Å². The van der Waals surface area contributed by atoms with Crippen molar-refractivity contribution in [3.05, 3.63) is 0 Å². The van der Waals surface area contributed by atoms with Gasteiger partial charge in [-0.05, 0) is 68.4 Å². The highest BCUT2D eigenvalue weighted by atomic mass is 14.9. The third-order valence-electron chi connectivity index (χ3n) is 5.31. The molecule has 0 amide bonds. The molecule has 0 aromatic heterocycles. The van der Waals surface area contributed by atoms with Crippen LogP contribution in [0.2, 0.25) is 0 Å². The van der Waals surface area contributed by atoms with E-state index in [2.05, 4.69) is 12.2 Å². The van der Waals surface area contributed by atoms with Gasteiger partial charge in [-0.15, -0.1) is 0 Å². The summed E-state index contributed by atoms with van der Waals surface area (Å²) in [5.74, 6) is 5.34. The summed E-state index contributed by atoms with van der Waals surface area (Å²) in [5.41, 5.74) is 0. The summed E-state index contributed by atoms with van der Waals surface area (Å²) < 4.78 is 0. The smallest absolute Gasteiger partial charge is 0.00174 e. The second-order valence-corrected chi connectivity index (χ2v) is 5.95. The van der Waals surface area contributed by atoms with Crippen molar-refractivity contribution in [2.24, 2.45) is 29.6 Å². The Labute approximate surface area is 87.7 Å². The average molecular weight is 193 g/mol. The van der Waals surface area contributed by atoms with Crippen LogP contribution in [0.4, 0.5) is 0 Å². The molecule has 1 nitrogen and oxygen atoms in total. The van der Waals surface area contributed by atoms with E-state index < -0.39 is 0 Å². The summed E-state index contributed by atoms with van der Waals surface area (Å²) in [6.07, 6.45) is 7.70. The molecule has 3 fully saturated rings. The fraction of sp³-hybridized carbons (Fsp3) is 1.00. The molecule has 5 atom stereocenters. The zero-order valence-corrected chi connectivity index (χ0v) is 9.34. The van der Waals surface area contributed by atoms with Crippen molar-refractivity contribution >= 4 is 0 Å². The quantitative estimate of drug-likeness (QED) is 0.711. The Kier molecular flexibility index (Phi) is 2.31. The van der Waals surface area contributed by atoms with E-state index in [1.807, 2.05) is 0 Å². The van der Waals surface area contributed by atoms with Crippen molar-refractivity contribution in [3.8, 4) is 0 Å². The number of rotatable bonds is 2. The minimum atomic E-state index is 0.999. The van der Waals surface area contributed by atoms with Gasteiger partial charge in [0.15, 0.2) is 0 Å². The predicted octanol–water partition coefficient (Wildman–Crippen LogP) is 2.67. The first-order valence-corrected chi connectivity index (χ1v) is 6.55. The normalized spacial score (nSPS) is 48.6. The van der Waals surface area contributed by atoms with E-state index in [9.17, 15) is 0 Å². The Hall–Kier alpha value is -0.0400. The molecule has 0 spiro atoms. The first-order valence-electron chi connectivity index (χ1n) is 6.55. The lowest BCUT2D eigenvalue weighted by atomic mass is 9.74. The van der Waals surface area contributed by atoms with E-state index >= 15 is 0 Å². The lowest BCUT2D eigenvalue weighted by molar-refractivity contribution is 0.186. The van der Waals surface area contributed by atoms with Crippen molar-refractivity contribution in [2.75, 3.05) is 13.1 Å². The SMILES string of the molecule is CC(C1CCNC1)C1CC2CCC1C2. The summed E-state index contributed by atoms with van der Waals surface area (Å²) in [6.45, 7) is 5.11. The minimum Gasteiger partial charge on any atom is -0.316 e. The van der Waals surface area contributed by atoms with E-state index in [4.69, 9.17) is 0 Å². The number of fused-ring (bicyclic) bond motifs is 2. The van der Waals surface area contributed by atoms with Crippen LogP contribution in [0.25, 0.3) is 0 Å². The standard InChI is InChI=1S/C13H23N/c1-9(12-4-5-14-8-12)13-7-10-2-3-11(13)6-10/h9-14H,2-8H2,1H3. The van der Waals surface area contributed by atoms with Gasteiger partial charge >= 0.3 is 0 Å². The molecule has 2 bridgehead atoms. The predicted molar refractivity (Wildman–Crippen MR) is 59.1 cm³/mol. The van der Waals surface area contributed by atoms with Gasteiger partial charge in [0.2, 0.25) is 0 Å². The van der Waals surface area contributed by atoms with E-state index in [1.165, 1.54) is 19.5 Å². The van der Waals surface area contributed by atoms with Crippen LogP contribution in [0.15, 0.2) is 0 Å². The van der Waals surface area contributed by atoms with Crippen LogP contribution in [0.3, 0.4) is 0 Å². The van der Waals surface area contributed by atoms with Crippen LogP contribution in [-0.2, 0) is 0 Å². The molecule has 5 unspecified atom stereocenters. The molecule has 1 aliphatic heterocycles. The van der Waals surface area contributed by atoms with E-state index in [0.29, 0.717) is 0 Å². The summed E-state index contributed by atoms with van der Waals surface area (Å²) >= 11 is 0. The zero-order valence-electron chi connectivity index (χ0n) is 9.34. The number of hydrogen-bond donors (Lipinski definition) is 1. The van der Waals surface area contributed by atoms with Crippen molar-refractivity contribution in [2.45, 2.75) is 39.0 Å². The third-order valence-corrected chi connectivity index (χ3v) is 5.31. The van der Waals surface area contributed by atoms with Crippen molar-refractivity contribution in [1.29, 1.82) is 0 Å². The third kappa shape index (κ3) is 1.41. The van der Waals surface area contributed by atoms with Gasteiger partial charge in [-0.1, -0.05) is 13.3 Å². The molecule has 1 heterocycles. The fourth-order valence-corrected chi connectivity index (χ4v) is 4.41. The average Bonchev–Trinajstić information content (AvgIpc) is 2.93. The molecule has 0 radical (unpaired) electrons. The van der Waals surface area contributed by atoms with Crippen molar-refractivity contribution < 1.29 is 0 Å². The Morgan fingerprint density at radius 1 is 1.14 bits per heavy atom. The highest BCUT2D eigenvalue weighted by molar-refractivity contribution is 4.94. The second-order valence-electron chi connectivity index (χ2n) is 5.95. The summed E-state index contributed by atoms with van der Waals surface area (Å²) in [5, 5.41) is 3.52. The topological polar surface area (TPSA) is 12.0 Å². The Bertz CT molecular complexity index is 207. The molecular formula is C13H23N. The van der Waals surface area contributed by atoms with Gasteiger partial charge in [0.05, 0.1) is 0 Å². The monoisotopic (exact) mass is 193 g/mol. The van der Waals surface area contributed by atoms with E-state index in [1.54, 1.807) is 25.7 Å². The highest BCUT2D eigenvalue weighted by Crippen LogP contribution is 2.52. The first-order chi connectivity index (χ1) is 6.84. The molecular weight excluding hydrogens is 170 g/mol. The molecule has 2 saturated carbocycles. The maximum atomic E-state index is 3.52. The highest BCUT2D eigenvalue weighted by Gasteiger charge is 2.43. The van der Waals surface area contributed by atoms with Crippen molar-refractivity contribution in [3.63, 3.8) is 0 Å². The Balaban J connectivity index is 1.64. The Morgan fingerprint density at radius 3 is 2.64 bits per heavy atom. The molecule has 80 valence electrons.